The lowest BCUT2D eigenvalue weighted by molar-refractivity contribution is 0.0600. The number of hydrogen-bond acceptors (Lipinski definition) is 4. The Morgan fingerprint density at radius 1 is 1.47 bits per heavy atom. The number of esters is 1. The highest BCUT2D eigenvalue weighted by atomic mass is 32.1. The number of methoxy groups -OCH3 is 1. The van der Waals surface area contributed by atoms with E-state index in [1.54, 1.807) is 23.5 Å². The van der Waals surface area contributed by atoms with Crippen molar-refractivity contribution in [1.82, 2.24) is 10.3 Å². The van der Waals surface area contributed by atoms with Gasteiger partial charge in [0.1, 0.15) is 0 Å². The molecule has 0 atom stereocenters. The molecule has 4 nitrogen and oxygen atoms in total. The summed E-state index contributed by atoms with van der Waals surface area (Å²) >= 11 is 1.60. The molecule has 5 heteroatoms. The molecule has 2 rings (SSSR count). The molecule has 0 amide bonds. The number of thiazole rings is 1. The number of carbonyl (C=O) groups is 1. The van der Waals surface area contributed by atoms with Crippen LogP contribution in [-0.2, 0) is 17.7 Å². The zero-order chi connectivity index (χ0) is 13.7. The van der Waals surface area contributed by atoms with E-state index < -0.39 is 0 Å². The van der Waals surface area contributed by atoms with E-state index in [0.29, 0.717) is 12.1 Å². The van der Waals surface area contributed by atoms with Crippen LogP contribution >= 0.6 is 11.3 Å². The zero-order valence-electron chi connectivity index (χ0n) is 10.9. The second-order valence-corrected chi connectivity index (χ2v) is 5.06. The van der Waals surface area contributed by atoms with Crippen molar-refractivity contribution in [2.24, 2.45) is 0 Å². The molecule has 0 unspecified atom stereocenters. The largest absolute Gasteiger partial charge is 0.465 e. The van der Waals surface area contributed by atoms with Crippen molar-refractivity contribution in [2.75, 3.05) is 7.11 Å². The fourth-order valence-corrected chi connectivity index (χ4v) is 2.33. The summed E-state index contributed by atoms with van der Waals surface area (Å²) in [6, 6.07) is 7.29. The predicted octanol–water partition coefficient (Wildman–Crippen LogP) is 2.93. The number of rotatable bonds is 5. The van der Waals surface area contributed by atoms with Crippen LogP contribution in [0.3, 0.4) is 0 Å². The number of aryl methyl sites for hydroxylation is 1. The SMILES string of the molecule is CCc1cnc([N]Cc2cccc(C(=O)OC)c2)s1. The third-order valence-corrected chi connectivity index (χ3v) is 3.71. The van der Waals surface area contributed by atoms with Crippen molar-refractivity contribution < 1.29 is 9.53 Å². The first-order valence-corrected chi connectivity index (χ1v) is 6.84. The van der Waals surface area contributed by atoms with Gasteiger partial charge in [0.15, 0.2) is 0 Å². The Morgan fingerprint density at radius 2 is 2.32 bits per heavy atom. The lowest BCUT2D eigenvalue weighted by atomic mass is 10.1. The molecule has 1 aromatic heterocycles. The van der Waals surface area contributed by atoms with Crippen LogP contribution in [0.4, 0.5) is 5.13 Å². The average molecular weight is 275 g/mol. The number of ether oxygens (including phenoxy) is 1. The van der Waals surface area contributed by atoms with Crippen molar-refractivity contribution in [1.29, 1.82) is 0 Å². The molecule has 1 heterocycles. The third kappa shape index (κ3) is 3.54. The molecule has 19 heavy (non-hydrogen) atoms. The molecule has 0 N–H and O–H groups in total. The average Bonchev–Trinajstić information content (AvgIpc) is 2.92. The molecule has 0 spiro atoms. The molecule has 0 aliphatic rings. The topological polar surface area (TPSA) is 53.3 Å². The van der Waals surface area contributed by atoms with E-state index >= 15 is 0 Å². The third-order valence-electron chi connectivity index (χ3n) is 2.63. The Morgan fingerprint density at radius 3 is 3.00 bits per heavy atom. The highest BCUT2D eigenvalue weighted by molar-refractivity contribution is 7.15. The maximum absolute atomic E-state index is 11.4. The van der Waals surface area contributed by atoms with Crippen LogP contribution in [0.15, 0.2) is 30.5 Å². The van der Waals surface area contributed by atoms with Gasteiger partial charge in [-0.25, -0.2) is 9.78 Å². The normalized spacial score (nSPS) is 10.2. The molecule has 0 saturated heterocycles. The summed E-state index contributed by atoms with van der Waals surface area (Å²) in [7, 11) is 1.38. The van der Waals surface area contributed by atoms with Crippen LogP contribution in [0, 0.1) is 0 Å². The number of benzene rings is 1. The van der Waals surface area contributed by atoms with Crippen LogP contribution in [0.5, 0.6) is 0 Å². The Bertz CT molecular complexity index is 566. The fraction of sp³-hybridized carbons (Fsp3) is 0.286. The predicted molar refractivity (Wildman–Crippen MR) is 74.8 cm³/mol. The molecule has 0 bridgehead atoms. The lowest BCUT2D eigenvalue weighted by Crippen LogP contribution is -2.03. The Labute approximate surface area is 116 Å². The number of nitrogens with zero attached hydrogens (tertiary/aromatic N) is 2. The summed E-state index contributed by atoms with van der Waals surface area (Å²) in [5.74, 6) is -0.329. The summed E-state index contributed by atoms with van der Waals surface area (Å²) in [5.41, 5.74) is 1.51. The number of carbonyl (C=O) groups excluding carboxylic acids is 1. The van der Waals surface area contributed by atoms with E-state index in [4.69, 9.17) is 4.74 Å². The standard InChI is InChI=1S/C14H15N2O2S/c1-3-12-9-16-14(19-12)15-8-10-5-4-6-11(7-10)13(17)18-2/h4-7,9H,3,8H2,1-2H3. The van der Waals surface area contributed by atoms with Crippen LogP contribution < -0.4 is 5.32 Å². The van der Waals surface area contributed by atoms with Crippen molar-refractivity contribution in [2.45, 2.75) is 19.9 Å². The summed E-state index contributed by atoms with van der Waals surface area (Å²) in [4.78, 5) is 16.9. The Kier molecular flexibility index (Phi) is 4.52. The van der Waals surface area contributed by atoms with Gasteiger partial charge in [0.05, 0.1) is 19.2 Å². The number of hydrogen-bond donors (Lipinski definition) is 0. The second-order valence-electron chi connectivity index (χ2n) is 3.97. The molecule has 0 fully saturated rings. The van der Waals surface area contributed by atoms with E-state index in [0.717, 1.165) is 17.1 Å². The maximum Gasteiger partial charge on any atom is 0.337 e. The van der Waals surface area contributed by atoms with Gasteiger partial charge < -0.3 is 4.74 Å². The van der Waals surface area contributed by atoms with Gasteiger partial charge in [0.25, 0.3) is 0 Å². The quantitative estimate of drug-likeness (QED) is 0.788. The highest BCUT2D eigenvalue weighted by Gasteiger charge is 2.07. The molecule has 0 saturated carbocycles. The fourth-order valence-electron chi connectivity index (χ4n) is 1.61. The Balaban J connectivity index is 2.01. The van der Waals surface area contributed by atoms with Gasteiger partial charge in [-0.15, -0.1) is 11.3 Å². The van der Waals surface area contributed by atoms with E-state index in [9.17, 15) is 4.79 Å². The van der Waals surface area contributed by atoms with Crippen molar-refractivity contribution >= 4 is 22.4 Å². The van der Waals surface area contributed by atoms with E-state index in [1.165, 1.54) is 12.0 Å². The molecular formula is C14H15N2O2S. The van der Waals surface area contributed by atoms with Crippen LogP contribution in [0.2, 0.25) is 0 Å². The van der Waals surface area contributed by atoms with Crippen molar-refractivity contribution in [3.63, 3.8) is 0 Å². The molecule has 0 aliphatic carbocycles. The minimum absolute atomic E-state index is 0.329. The summed E-state index contributed by atoms with van der Waals surface area (Å²) in [6.45, 7) is 2.61. The summed E-state index contributed by atoms with van der Waals surface area (Å²) in [5, 5.41) is 5.20. The van der Waals surface area contributed by atoms with Crippen LogP contribution in [-0.4, -0.2) is 18.1 Å². The van der Waals surface area contributed by atoms with Gasteiger partial charge in [-0.05, 0) is 24.1 Å². The molecule has 0 aliphatic heterocycles. The van der Waals surface area contributed by atoms with Gasteiger partial charge in [0, 0.05) is 11.1 Å². The first kappa shape index (κ1) is 13.5. The van der Waals surface area contributed by atoms with Gasteiger partial charge in [-0.3, -0.25) is 5.32 Å². The van der Waals surface area contributed by atoms with E-state index in [2.05, 4.69) is 17.2 Å². The van der Waals surface area contributed by atoms with Crippen molar-refractivity contribution in [3.05, 3.63) is 46.5 Å². The van der Waals surface area contributed by atoms with Gasteiger partial charge in [0.2, 0.25) is 5.13 Å². The molecule has 1 radical (unpaired) electrons. The van der Waals surface area contributed by atoms with Crippen molar-refractivity contribution in [3.8, 4) is 0 Å². The minimum Gasteiger partial charge on any atom is -0.465 e. The first-order chi connectivity index (χ1) is 9.22. The highest BCUT2D eigenvalue weighted by Crippen LogP contribution is 2.19. The van der Waals surface area contributed by atoms with Crippen LogP contribution in [0.25, 0.3) is 0 Å². The van der Waals surface area contributed by atoms with Crippen LogP contribution in [0.1, 0.15) is 27.7 Å². The van der Waals surface area contributed by atoms with Gasteiger partial charge >= 0.3 is 5.97 Å². The lowest BCUT2D eigenvalue weighted by Gasteiger charge is -2.03. The van der Waals surface area contributed by atoms with Gasteiger partial charge in [-0.1, -0.05) is 19.1 Å². The van der Waals surface area contributed by atoms with Gasteiger partial charge in [-0.2, -0.15) is 0 Å². The maximum atomic E-state index is 11.4. The first-order valence-electron chi connectivity index (χ1n) is 6.02. The molecule has 2 aromatic rings. The second kappa shape index (κ2) is 6.33. The molecule has 1 aromatic carbocycles. The minimum atomic E-state index is -0.329. The monoisotopic (exact) mass is 275 g/mol. The summed E-state index contributed by atoms with van der Waals surface area (Å²) < 4.78 is 4.69. The van der Waals surface area contributed by atoms with E-state index in [1.807, 2.05) is 18.3 Å². The molecular weight excluding hydrogens is 260 g/mol. The number of aromatic nitrogens is 1. The molecule has 99 valence electrons. The smallest absolute Gasteiger partial charge is 0.337 e. The summed E-state index contributed by atoms with van der Waals surface area (Å²) in [6.07, 6.45) is 2.83. The van der Waals surface area contributed by atoms with E-state index in [-0.39, 0.29) is 5.97 Å². The Hall–Kier alpha value is -1.88. The zero-order valence-corrected chi connectivity index (χ0v) is 11.7.